The number of nitro benzene ring substituents is 2. The number of nitrogens with one attached hydrogen (secondary N) is 2. The van der Waals surface area contributed by atoms with E-state index in [4.69, 9.17) is 0 Å². The standard InChI is InChI=1S/C24H26N6O8S2/c31-21(17-1-5-19(6-2-17)29(35)36)25-23(33)27-9-10-28(12-14-40-16-15-39-13-11-27)24(34)26-22(32)18-3-7-20(8-4-18)30(37)38/h1-8H,9-16H2,(H,25,31,33)(H,26,32,34). The molecule has 2 N–H and O–H groups in total. The number of nitro groups is 2. The van der Waals surface area contributed by atoms with E-state index >= 15 is 0 Å². The first kappa shape index (κ1) is 30.4. The number of hydrogen-bond donors (Lipinski definition) is 2. The molecule has 14 nitrogen and oxygen atoms in total. The summed E-state index contributed by atoms with van der Waals surface area (Å²) in [5.41, 5.74) is -0.228. The quantitative estimate of drug-likeness (QED) is 0.396. The fourth-order valence-corrected chi connectivity index (χ4v) is 5.56. The second-order valence-corrected chi connectivity index (χ2v) is 10.8. The van der Waals surface area contributed by atoms with E-state index in [0.29, 0.717) is 24.6 Å². The van der Waals surface area contributed by atoms with Gasteiger partial charge in [-0.05, 0) is 24.3 Å². The maximum Gasteiger partial charge on any atom is 0.324 e. The first-order valence-corrected chi connectivity index (χ1v) is 14.3. The summed E-state index contributed by atoms with van der Waals surface area (Å²) in [5.74, 6) is 1.41. The molecule has 0 aliphatic carbocycles. The van der Waals surface area contributed by atoms with Gasteiger partial charge in [-0.15, -0.1) is 0 Å². The molecule has 2 aromatic carbocycles. The molecule has 0 atom stereocenters. The van der Waals surface area contributed by atoms with Crippen LogP contribution in [-0.2, 0) is 0 Å². The minimum atomic E-state index is -0.724. The van der Waals surface area contributed by atoms with Gasteiger partial charge in [-0.1, -0.05) is 0 Å². The number of hydrogen-bond acceptors (Lipinski definition) is 10. The Hall–Kier alpha value is -4.18. The van der Waals surface area contributed by atoms with Crippen molar-refractivity contribution < 1.29 is 29.0 Å². The summed E-state index contributed by atoms with van der Waals surface area (Å²) in [5, 5.41) is 26.2. The molecule has 1 fully saturated rings. The number of thioether (sulfide) groups is 2. The van der Waals surface area contributed by atoms with E-state index in [0.717, 1.165) is 11.5 Å². The first-order chi connectivity index (χ1) is 19.2. The summed E-state index contributed by atoms with van der Waals surface area (Å²) in [6, 6.07) is 8.29. The third-order valence-corrected chi connectivity index (χ3v) is 7.91. The number of urea groups is 2. The van der Waals surface area contributed by atoms with Gasteiger partial charge in [0.1, 0.15) is 0 Å². The monoisotopic (exact) mass is 590 g/mol. The fraction of sp³-hybridized carbons (Fsp3) is 0.333. The lowest BCUT2D eigenvalue weighted by atomic mass is 10.2. The van der Waals surface area contributed by atoms with E-state index in [-0.39, 0.29) is 35.6 Å². The Morgan fingerprint density at radius 2 is 0.950 bits per heavy atom. The molecule has 0 bridgehead atoms. The van der Waals surface area contributed by atoms with Gasteiger partial charge in [-0.2, -0.15) is 23.5 Å². The van der Waals surface area contributed by atoms with Crippen molar-refractivity contribution in [2.45, 2.75) is 0 Å². The van der Waals surface area contributed by atoms with Gasteiger partial charge in [0.05, 0.1) is 9.85 Å². The van der Waals surface area contributed by atoms with Crippen molar-refractivity contribution >= 4 is 58.8 Å². The SMILES string of the molecule is O=C(NC(=O)N1CCSCCSCCN(C(=O)NC(=O)c2ccc([N+](=O)[O-])cc2)CC1)c1ccc([N+](=O)[O-])cc1. The molecule has 3 rings (SSSR count). The summed E-state index contributed by atoms with van der Waals surface area (Å²) in [6.07, 6.45) is 0. The van der Waals surface area contributed by atoms with Gasteiger partial charge in [-0.3, -0.25) is 40.5 Å². The molecule has 2 aromatic rings. The van der Waals surface area contributed by atoms with Gasteiger partial charge in [0, 0.05) is 84.6 Å². The Kier molecular flexibility index (Phi) is 11.3. The lowest BCUT2D eigenvalue weighted by molar-refractivity contribution is -0.385. The van der Waals surface area contributed by atoms with Gasteiger partial charge in [0.2, 0.25) is 0 Å². The molecule has 0 radical (unpaired) electrons. The molecule has 1 saturated heterocycles. The first-order valence-electron chi connectivity index (χ1n) is 12.0. The number of rotatable bonds is 4. The Balaban J connectivity index is 1.65. The van der Waals surface area contributed by atoms with E-state index in [1.807, 2.05) is 0 Å². The third kappa shape index (κ3) is 8.94. The zero-order valence-electron chi connectivity index (χ0n) is 21.1. The Morgan fingerprint density at radius 3 is 1.27 bits per heavy atom. The highest BCUT2D eigenvalue weighted by Gasteiger charge is 2.23. The zero-order chi connectivity index (χ0) is 29.1. The Labute approximate surface area is 237 Å². The lowest BCUT2D eigenvalue weighted by Crippen LogP contribution is -2.50. The van der Waals surface area contributed by atoms with Crippen molar-refractivity contribution in [3.8, 4) is 0 Å². The summed E-state index contributed by atoms with van der Waals surface area (Å²) >= 11 is 3.31. The number of non-ortho nitro benzene ring substituents is 2. The van der Waals surface area contributed by atoms with E-state index in [2.05, 4.69) is 10.6 Å². The van der Waals surface area contributed by atoms with Gasteiger partial charge in [0.15, 0.2) is 0 Å². The normalized spacial score (nSPS) is 14.7. The zero-order valence-corrected chi connectivity index (χ0v) is 22.8. The van der Waals surface area contributed by atoms with Crippen LogP contribution in [0.4, 0.5) is 21.0 Å². The van der Waals surface area contributed by atoms with E-state index in [1.165, 1.54) is 58.3 Å². The van der Waals surface area contributed by atoms with Crippen molar-refractivity contribution in [3.63, 3.8) is 0 Å². The predicted molar refractivity (Wildman–Crippen MR) is 150 cm³/mol. The molecular weight excluding hydrogens is 564 g/mol. The Bertz CT molecular complexity index is 1160. The molecule has 0 aromatic heterocycles. The lowest BCUT2D eigenvalue weighted by Gasteiger charge is -2.28. The minimum Gasteiger partial charge on any atom is -0.322 e. The van der Waals surface area contributed by atoms with Crippen molar-refractivity contribution in [1.82, 2.24) is 20.4 Å². The number of carbonyl (C=O) groups is 4. The number of carbonyl (C=O) groups excluding carboxylic acids is 4. The maximum atomic E-state index is 12.9. The van der Waals surface area contributed by atoms with Crippen LogP contribution in [0.15, 0.2) is 48.5 Å². The summed E-state index contributed by atoms with van der Waals surface area (Å²) in [4.78, 5) is 74.3. The minimum absolute atomic E-state index is 0.0732. The van der Waals surface area contributed by atoms with E-state index in [1.54, 1.807) is 23.5 Å². The van der Waals surface area contributed by atoms with Crippen LogP contribution in [0.25, 0.3) is 0 Å². The highest BCUT2D eigenvalue weighted by molar-refractivity contribution is 8.02. The van der Waals surface area contributed by atoms with Gasteiger partial charge in [0.25, 0.3) is 23.2 Å². The molecular formula is C24H26N6O8S2. The van der Waals surface area contributed by atoms with Gasteiger partial charge in [-0.25, -0.2) is 9.59 Å². The van der Waals surface area contributed by atoms with E-state index < -0.39 is 33.7 Å². The van der Waals surface area contributed by atoms with Crippen molar-refractivity contribution in [2.75, 3.05) is 49.2 Å². The second-order valence-electron chi connectivity index (χ2n) is 8.33. The van der Waals surface area contributed by atoms with Gasteiger partial charge < -0.3 is 9.80 Å². The Morgan fingerprint density at radius 1 is 0.600 bits per heavy atom. The van der Waals surface area contributed by atoms with Crippen molar-refractivity contribution in [2.24, 2.45) is 0 Å². The molecule has 16 heteroatoms. The number of amides is 6. The van der Waals surface area contributed by atoms with Crippen LogP contribution in [0.2, 0.25) is 0 Å². The smallest absolute Gasteiger partial charge is 0.322 e. The summed E-state index contributed by atoms with van der Waals surface area (Å²) in [6.45, 7) is 0.741. The van der Waals surface area contributed by atoms with Crippen LogP contribution < -0.4 is 10.6 Å². The fourth-order valence-electron chi connectivity index (χ4n) is 3.51. The van der Waals surface area contributed by atoms with Crippen molar-refractivity contribution in [1.29, 1.82) is 0 Å². The molecule has 0 spiro atoms. The number of imide groups is 2. The average Bonchev–Trinajstić information content (AvgIpc) is 2.93. The number of nitrogens with zero attached hydrogens (tertiary/aromatic N) is 4. The van der Waals surface area contributed by atoms with Crippen LogP contribution in [0.1, 0.15) is 20.7 Å². The van der Waals surface area contributed by atoms with Crippen LogP contribution in [-0.4, -0.2) is 92.7 Å². The molecule has 40 heavy (non-hydrogen) atoms. The van der Waals surface area contributed by atoms with Crippen LogP contribution in [0.5, 0.6) is 0 Å². The molecule has 1 aliphatic heterocycles. The average molecular weight is 591 g/mol. The predicted octanol–water partition coefficient (Wildman–Crippen LogP) is 2.99. The molecule has 0 unspecified atom stereocenters. The highest BCUT2D eigenvalue weighted by atomic mass is 32.2. The highest BCUT2D eigenvalue weighted by Crippen LogP contribution is 2.14. The summed E-state index contributed by atoms with van der Waals surface area (Å²) < 4.78 is 0. The van der Waals surface area contributed by atoms with Gasteiger partial charge >= 0.3 is 12.1 Å². The van der Waals surface area contributed by atoms with Crippen LogP contribution in [0.3, 0.4) is 0 Å². The molecule has 1 aliphatic rings. The van der Waals surface area contributed by atoms with Crippen LogP contribution in [0, 0.1) is 20.2 Å². The third-order valence-electron chi connectivity index (χ3n) is 5.72. The topological polar surface area (TPSA) is 185 Å². The van der Waals surface area contributed by atoms with Crippen molar-refractivity contribution in [3.05, 3.63) is 79.9 Å². The largest absolute Gasteiger partial charge is 0.324 e. The van der Waals surface area contributed by atoms with Crippen LogP contribution >= 0.6 is 23.5 Å². The molecule has 1 heterocycles. The molecule has 212 valence electrons. The molecule has 6 amide bonds. The second kappa shape index (κ2) is 14.8. The van der Waals surface area contributed by atoms with E-state index in [9.17, 15) is 39.4 Å². The maximum absolute atomic E-state index is 12.9. The number of benzene rings is 2. The summed E-state index contributed by atoms with van der Waals surface area (Å²) in [7, 11) is 0. The molecule has 0 saturated carbocycles.